The number of morpholine rings is 1. The third-order valence-corrected chi connectivity index (χ3v) is 2.73. The molecule has 0 saturated carbocycles. The second-order valence-corrected chi connectivity index (χ2v) is 4.68. The van der Waals surface area contributed by atoms with Crippen LogP contribution in [0.5, 0.6) is 0 Å². The van der Waals surface area contributed by atoms with Gasteiger partial charge in [0.1, 0.15) is 19.1 Å². The Hall–Kier alpha value is -1.35. The first-order valence-electron chi connectivity index (χ1n) is 6.07. The molecule has 1 aliphatic heterocycles. The van der Waals surface area contributed by atoms with Gasteiger partial charge in [0.2, 0.25) is 11.8 Å². The maximum absolute atomic E-state index is 12.5. The Morgan fingerprint density at radius 2 is 2.00 bits per heavy atom. The number of ether oxygens (including phenoxy) is 1. The third-order valence-electron chi connectivity index (χ3n) is 2.73. The van der Waals surface area contributed by atoms with Gasteiger partial charge in [0.25, 0.3) is 0 Å². The van der Waals surface area contributed by atoms with E-state index in [4.69, 9.17) is 4.74 Å². The SMILES string of the molecule is CN(C)C(=O)CN(CC(F)(F)F)C(=O)C1COCCN1. The number of halogens is 3. The molecule has 1 heterocycles. The summed E-state index contributed by atoms with van der Waals surface area (Å²) in [5.41, 5.74) is 0. The van der Waals surface area contributed by atoms with Crippen molar-refractivity contribution < 1.29 is 27.5 Å². The summed E-state index contributed by atoms with van der Waals surface area (Å²) in [5, 5.41) is 2.78. The van der Waals surface area contributed by atoms with Gasteiger partial charge >= 0.3 is 6.18 Å². The molecular formula is C11H18F3N3O3. The molecule has 0 aromatic carbocycles. The van der Waals surface area contributed by atoms with Gasteiger partial charge in [-0.25, -0.2) is 0 Å². The standard InChI is InChI=1S/C11H18F3N3O3/c1-16(2)9(18)5-17(7-11(12,13)14)10(19)8-6-20-4-3-15-8/h8,15H,3-7H2,1-2H3. The lowest BCUT2D eigenvalue weighted by Crippen LogP contribution is -2.55. The number of hydrogen-bond acceptors (Lipinski definition) is 4. The molecule has 0 aliphatic carbocycles. The molecule has 116 valence electrons. The van der Waals surface area contributed by atoms with Crippen LogP contribution in [-0.2, 0) is 14.3 Å². The lowest BCUT2D eigenvalue weighted by Gasteiger charge is -2.30. The maximum Gasteiger partial charge on any atom is 0.406 e. The van der Waals surface area contributed by atoms with E-state index in [0.29, 0.717) is 18.1 Å². The average molecular weight is 297 g/mol. The van der Waals surface area contributed by atoms with Crippen molar-refractivity contribution in [2.24, 2.45) is 0 Å². The van der Waals surface area contributed by atoms with E-state index in [0.717, 1.165) is 4.90 Å². The third kappa shape index (κ3) is 5.33. The van der Waals surface area contributed by atoms with Crippen LogP contribution < -0.4 is 5.32 Å². The Bertz CT molecular complexity index is 355. The Balaban J connectivity index is 2.74. The number of amides is 2. The second-order valence-electron chi connectivity index (χ2n) is 4.68. The van der Waals surface area contributed by atoms with Crippen molar-refractivity contribution in [2.75, 3.05) is 46.9 Å². The molecule has 0 spiro atoms. The van der Waals surface area contributed by atoms with Crippen LogP contribution >= 0.6 is 0 Å². The highest BCUT2D eigenvalue weighted by Crippen LogP contribution is 2.17. The summed E-state index contributed by atoms with van der Waals surface area (Å²) in [6.45, 7) is -1.27. The van der Waals surface area contributed by atoms with Crippen LogP contribution in [0.1, 0.15) is 0 Å². The average Bonchev–Trinajstić information content (AvgIpc) is 2.36. The smallest absolute Gasteiger partial charge is 0.378 e. The summed E-state index contributed by atoms with van der Waals surface area (Å²) in [6.07, 6.45) is -4.56. The maximum atomic E-state index is 12.5. The normalized spacial score (nSPS) is 19.6. The van der Waals surface area contributed by atoms with Crippen LogP contribution in [0.3, 0.4) is 0 Å². The lowest BCUT2D eigenvalue weighted by molar-refractivity contribution is -0.166. The van der Waals surface area contributed by atoms with Gasteiger partial charge in [-0.15, -0.1) is 0 Å². The number of carbonyl (C=O) groups is 2. The summed E-state index contributed by atoms with van der Waals surface area (Å²) in [6, 6.07) is -0.846. The minimum absolute atomic E-state index is 0.00332. The molecule has 0 radical (unpaired) electrons. The molecule has 1 saturated heterocycles. The van der Waals surface area contributed by atoms with Gasteiger partial charge < -0.3 is 19.9 Å². The van der Waals surface area contributed by atoms with Crippen molar-refractivity contribution >= 4 is 11.8 Å². The Kier molecular flexibility index (Phi) is 5.75. The number of rotatable bonds is 4. The summed E-state index contributed by atoms with van der Waals surface area (Å²) < 4.78 is 42.6. The summed E-state index contributed by atoms with van der Waals surface area (Å²) in [7, 11) is 2.83. The van der Waals surface area contributed by atoms with Gasteiger partial charge in [0.15, 0.2) is 0 Å². The molecule has 20 heavy (non-hydrogen) atoms. The zero-order chi connectivity index (χ0) is 15.3. The predicted octanol–water partition coefficient (Wildman–Crippen LogP) is -0.546. The fraction of sp³-hybridized carbons (Fsp3) is 0.818. The van der Waals surface area contributed by atoms with Crippen LogP contribution in [0.2, 0.25) is 0 Å². The summed E-state index contributed by atoms with van der Waals surface area (Å²) >= 11 is 0. The van der Waals surface area contributed by atoms with Crippen LogP contribution in [-0.4, -0.2) is 80.8 Å². The van der Waals surface area contributed by atoms with E-state index in [1.54, 1.807) is 0 Å². The quantitative estimate of drug-likeness (QED) is 0.757. The van der Waals surface area contributed by atoms with E-state index in [2.05, 4.69) is 5.32 Å². The van der Waals surface area contributed by atoms with E-state index >= 15 is 0 Å². The fourth-order valence-electron chi connectivity index (χ4n) is 1.68. The van der Waals surface area contributed by atoms with Crippen LogP contribution in [0.4, 0.5) is 13.2 Å². The van der Waals surface area contributed by atoms with E-state index < -0.39 is 37.1 Å². The minimum atomic E-state index is -4.56. The monoisotopic (exact) mass is 297 g/mol. The topological polar surface area (TPSA) is 61.9 Å². The Labute approximate surface area is 114 Å². The minimum Gasteiger partial charge on any atom is -0.378 e. The summed E-state index contributed by atoms with van der Waals surface area (Å²) in [4.78, 5) is 25.2. The Morgan fingerprint density at radius 1 is 1.35 bits per heavy atom. The van der Waals surface area contributed by atoms with Gasteiger partial charge in [-0.05, 0) is 0 Å². The number of nitrogens with zero attached hydrogens (tertiary/aromatic N) is 2. The first-order chi connectivity index (χ1) is 9.20. The summed E-state index contributed by atoms with van der Waals surface area (Å²) in [5.74, 6) is -1.35. The predicted molar refractivity (Wildman–Crippen MR) is 63.9 cm³/mol. The van der Waals surface area contributed by atoms with Crippen molar-refractivity contribution in [3.05, 3.63) is 0 Å². The first kappa shape index (κ1) is 16.7. The molecule has 1 fully saturated rings. The highest BCUT2D eigenvalue weighted by atomic mass is 19.4. The van der Waals surface area contributed by atoms with E-state index in [1.807, 2.05) is 0 Å². The van der Waals surface area contributed by atoms with Crippen LogP contribution in [0.15, 0.2) is 0 Å². The molecule has 1 rings (SSSR count). The zero-order valence-electron chi connectivity index (χ0n) is 11.4. The van der Waals surface area contributed by atoms with Gasteiger partial charge in [0, 0.05) is 20.6 Å². The number of likely N-dealkylation sites (N-methyl/N-ethyl adjacent to an activating group) is 1. The molecule has 2 amide bonds. The van der Waals surface area contributed by atoms with Gasteiger partial charge in [0.05, 0.1) is 13.2 Å². The molecule has 0 aromatic heterocycles. The largest absolute Gasteiger partial charge is 0.406 e. The van der Waals surface area contributed by atoms with E-state index in [9.17, 15) is 22.8 Å². The van der Waals surface area contributed by atoms with Crippen LogP contribution in [0, 0.1) is 0 Å². The van der Waals surface area contributed by atoms with Gasteiger partial charge in [-0.1, -0.05) is 0 Å². The van der Waals surface area contributed by atoms with E-state index in [-0.39, 0.29) is 6.61 Å². The molecule has 1 N–H and O–H groups in total. The molecule has 0 aromatic rings. The van der Waals surface area contributed by atoms with E-state index in [1.165, 1.54) is 14.1 Å². The lowest BCUT2D eigenvalue weighted by atomic mass is 10.2. The van der Waals surface area contributed by atoms with Crippen molar-refractivity contribution in [2.45, 2.75) is 12.2 Å². The molecule has 1 atom stereocenters. The molecule has 1 aliphatic rings. The van der Waals surface area contributed by atoms with Crippen molar-refractivity contribution in [1.29, 1.82) is 0 Å². The molecule has 0 bridgehead atoms. The highest BCUT2D eigenvalue weighted by molar-refractivity contribution is 5.87. The van der Waals surface area contributed by atoms with Crippen LogP contribution in [0.25, 0.3) is 0 Å². The van der Waals surface area contributed by atoms with Crippen molar-refractivity contribution in [3.8, 4) is 0 Å². The molecule has 6 nitrogen and oxygen atoms in total. The molecule has 9 heteroatoms. The number of alkyl halides is 3. The van der Waals surface area contributed by atoms with Crippen molar-refractivity contribution in [1.82, 2.24) is 15.1 Å². The number of carbonyl (C=O) groups excluding carboxylic acids is 2. The number of hydrogen-bond donors (Lipinski definition) is 1. The van der Waals surface area contributed by atoms with Gasteiger partial charge in [-0.3, -0.25) is 9.59 Å². The van der Waals surface area contributed by atoms with Crippen molar-refractivity contribution in [3.63, 3.8) is 0 Å². The molecule has 1 unspecified atom stereocenters. The molecular weight excluding hydrogens is 279 g/mol. The van der Waals surface area contributed by atoms with Gasteiger partial charge in [-0.2, -0.15) is 13.2 Å². The first-order valence-corrected chi connectivity index (χ1v) is 6.07. The Morgan fingerprint density at radius 3 is 2.45 bits per heavy atom. The highest BCUT2D eigenvalue weighted by Gasteiger charge is 2.37. The number of nitrogens with one attached hydrogen (secondary N) is 1. The second kappa shape index (κ2) is 6.89. The fourth-order valence-corrected chi connectivity index (χ4v) is 1.68. The zero-order valence-corrected chi connectivity index (χ0v) is 11.4.